The first kappa shape index (κ1) is 18.1. The molecule has 0 amide bonds. The summed E-state index contributed by atoms with van der Waals surface area (Å²) in [5.74, 6) is 1.78. The maximum absolute atomic E-state index is 4.92. The van der Waals surface area contributed by atoms with E-state index in [4.69, 9.17) is 4.98 Å². The van der Waals surface area contributed by atoms with E-state index in [9.17, 15) is 0 Å². The van der Waals surface area contributed by atoms with E-state index in [1.54, 1.807) is 6.20 Å². The van der Waals surface area contributed by atoms with Gasteiger partial charge >= 0.3 is 0 Å². The summed E-state index contributed by atoms with van der Waals surface area (Å²) in [6, 6.07) is 10.7. The minimum absolute atomic E-state index is 0.730. The highest BCUT2D eigenvalue weighted by molar-refractivity contribution is 5.75. The van der Waals surface area contributed by atoms with Gasteiger partial charge in [0.2, 0.25) is 0 Å². The first-order chi connectivity index (χ1) is 15.3. The molecule has 2 aliphatic rings. The normalized spacial score (nSPS) is 15.4. The van der Waals surface area contributed by atoms with Crippen LogP contribution < -0.4 is 10.2 Å². The van der Waals surface area contributed by atoms with Crippen molar-refractivity contribution in [1.29, 1.82) is 0 Å². The number of hydrogen-bond acceptors (Lipinski definition) is 5. The zero-order chi connectivity index (χ0) is 20.6. The molecule has 1 fully saturated rings. The number of pyridine rings is 1. The Kier molecular flexibility index (Phi) is 4.41. The number of benzene rings is 1. The van der Waals surface area contributed by atoms with Gasteiger partial charge in [-0.1, -0.05) is 24.3 Å². The molecule has 1 aliphatic carbocycles. The van der Waals surface area contributed by atoms with Crippen LogP contribution in [0.1, 0.15) is 30.4 Å². The summed E-state index contributed by atoms with van der Waals surface area (Å²) in [6.07, 6.45) is 16.9. The summed E-state index contributed by atoms with van der Waals surface area (Å²) in [5, 5.41) is 3.44. The molecule has 1 N–H and O–H groups in total. The third-order valence-electron chi connectivity index (χ3n) is 6.14. The zero-order valence-electron chi connectivity index (χ0n) is 17.3. The molecule has 4 heterocycles. The Morgan fingerprint density at radius 1 is 0.968 bits per heavy atom. The summed E-state index contributed by atoms with van der Waals surface area (Å²) in [7, 11) is 0. The van der Waals surface area contributed by atoms with Crippen LogP contribution >= 0.6 is 0 Å². The number of imidazole rings is 1. The molecule has 1 aliphatic heterocycles. The van der Waals surface area contributed by atoms with Crippen LogP contribution in [-0.2, 0) is 6.42 Å². The molecule has 31 heavy (non-hydrogen) atoms. The van der Waals surface area contributed by atoms with Crippen LogP contribution in [0.2, 0.25) is 0 Å². The van der Waals surface area contributed by atoms with Gasteiger partial charge in [-0.3, -0.25) is 0 Å². The number of aromatic nitrogens is 4. The summed E-state index contributed by atoms with van der Waals surface area (Å²) >= 11 is 0. The maximum Gasteiger partial charge on any atom is 0.180 e. The molecule has 1 saturated heterocycles. The van der Waals surface area contributed by atoms with Gasteiger partial charge in [0, 0.05) is 37.2 Å². The van der Waals surface area contributed by atoms with Crippen LogP contribution in [0.4, 0.5) is 17.3 Å². The van der Waals surface area contributed by atoms with Crippen molar-refractivity contribution in [2.75, 3.05) is 23.3 Å². The molecule has 1 aromatic carbocycles. The predicted octanol–water partition coefficient (Wildman–Crippen LogP) is 5.09. The molecular weight excluding hydrogens is 384 g/mol. The molecule has 3 aromatic heterocycles. The second-order valence-corrected chi connectivity index (χ2v) is 8.23. The second-order valence-electron chi connectivity index (χ2n) is 8.23. The summed E-state index contributed by atoms with van der Waals surface area (Å²) in [4.78, 5) is 16.5. The fourth-order valence-corrected chi connectivity index (χ4v) is 4.48. The zero-order valence-corrected chi connectivity index (χ0v) is 17.3. The number of rotatable bonds is 4. The lowest BCUT2D eigenvalue weighted by molar-refractivity contribution is 0.573. The quantitative estimate of drug-likeness (QED) is 0.509. The lowest BCUT2D eigenvalue weighted by Gasteiger charge is -2.27. The van der Waals surface area contributed by atoms with Gasteiger partial charge < -0.3 is 14.6 Å². The third-order valence-corrected chi connectivity index (χ3v) is 6.14. The van der Waals surface area contributed by atoms with E-state index in [0.717, 1.165) is 53.7 Å². The van der Waals surface area contributed by atoms with Crippen molar-refractivity contribution in [1.82, 2.24) is 19.4 Å². The van der Waals surface area contributed by atoms with Gasteiger partial charge in [-0.25, -0.2) is 15.0 Å². The number of anilines is 3. The molecule has 6 nitrogen and oxygen atoms in total. The van der Waals surface area contributed by atoms with E-state index < -0.39 is 0 Å². The number of piperidine rings is 1. The summed E-state index contributed by atoms with van der Waals surface area (Å²) in [6.45, 7) is 2.18. The highest BCUT2D eigenvalue weighted by atomic mass is 15.2. The number of nitrogens with zero attached hydrogens (tertiary/aromatic N) is 5. The summed E-state index contributed by atoms with van der Waals surface area (Å²) in [5.41, 5.74) is 6.38. The smallest absolute Gasteiger partial charge is 0.180 e. The third kappa shape index (κ3) is 3.44. The molecule has 0 atom stereocenters. The van der Waals surface area contributed by atoms with Crippen molar-refractivity contribution < 1.29 is 0 Å². The van der Waals surface area contributed by atoms with Crippen LogP contribution in [0.25, 0.3) is 23.0 Å². The van der Waals surface area contributed by atoms with E-state index in [1.165, 1.54) is 30.4 Å². The molecule has 0 saturated carbocycles. The van der Waals surface area contributed by atoms with Crippen molar-refractivity contribution >= 4 is 29.0 Å². The van der Waals surface area contributed by atoms with Crippen molar-refractivity contribution in [3.05, 3.63) is 72.3 Å². The predicted molar refractivity (Wildman–Crippen MR) is 125 cm³/mol. The highest BCUT2D eigenvalue weighted by Gasteiger charge is 2.14. The SMILES string of the molecule is C1=Cc2ccc(-c3cn4ccnc4c(Nc4ccc(N5CCCCC5)nc4)n3)cc2C1. The van der Waals surface area contributed by atoms with Gasteiger partial charge in [-0.05, 0) is 55.0 Å². The van der Waals surface area contributed by atoms with Crippen molar-refractivity contribution in [3.63, 3.8) is 0 Å². The van der Waals surface area contributed by atoms with E-state index in [-0.39, 0.29) is 0 Å². The van der Waals surface area contributed by atoms with E-state index in [2.05, 4.69) is 62.7 Å². The number of nitrogens with one attached hydrogen (secondary N) is 1. The molecule has 4 aromatic rings. The Morgan fingerprint density at radius 3 is 2.77 bits per heavy atom. The summed E-state index contributed by atoms with van der Waals surface area (Å²) < 4.78 is 2.02. The molecule has 0 bridgehead atoms. The Labute approximate surface area is 181 Å². The lowest BCUT2D eigenvalue weighted by atomic mass is 10.0. The van der Waals surface area contributed by atoms with Gasteiger partial charge in [0.15, 0.2) is 11.5 Å². The Balaban J connectivity index is 1.32. The minimum Gasteiger partial charge on any atom is -0.357 e. The fraction of sp³-hybridized carbons (Fsp3) is 0.240. The van der Waals surface area contributed by atoms with Crippen molar-refractivity contribution in [2.45, 2.75) is 25.7 Å². The van der Waals surface area contributed by atoms with Gasteiger partial charge in [0.25, 0.3) is 0 Å². The first-order valence-corrected chi connectivity index (χ1v) is 11.0. The highest BCUT2D eigenvalue weighted by Crippen LogP contribution is 2.29. The topological polar surface area (TPSA) is 58.4 Å². The Morgan fingerprint density at radius 2 is 1.90 bits per heavy atom. The van der Waals surface area contributed by atoms with E-state index in [1.807, 2.05) is 23.0 Å². The molecule has 0 unspecified atom stereocenters. The van der Waals surface area contributed by atoms with Gasteiger partial charge in [0.05, 0.1) is 17.6 Å². The van der Waals surface area contributed by atoms with Crippen molar-refractivity contribution in [3.8, 4) is 11.3 Å². The van der Waals surface area contributed by atoms with Gasteiger partial charge in [-0.2, -0.15) is 0 Å². The Hall–Kier alpha value is -3.67. The Bertz CT molecular complexity index is 1270. The van der Waals surface area contributed by atoms with E-state index in [0.29, 0.717) is 0 Å². The molecule has 6 rings (SSSR count). The van der Waals surface area contributed by atoms with Gasteiger partial charge in [0.1, 0.15) is 5.82 Å². The second kappa shape index (κ2) is 7.54. The molecule has 154 valence electrons. The molecular formula is C25H24N6. The maximum atomic E-state index is 4.92. The van der Waals surface area contributed by atoms with Crippen LogP contribution in [0.5, 0.6) is 0 Å². The van der Waals surface area contributed by atoms with Crippen LogP contribution in [0.3, 0.4) is 0 Å². The largest absolute Gasteiger partial charge is 0.357 e. The number of hydrogen-bond donors (Lipinski definition) is 1. The number of fused-ring (bicyclic) bond motifs is 2. The van der Waals surface area contributed by atoms with Crippen molar-refractivity contribution in [2.24, 2.45) is 0 Å². The monoisotopic (exact) mass is 408 g/mol. The average Bonchev–Trinajstić information content (AvgIpc) is 3.49. The average molecular weight is 409 g/mol. The molecule has 0 spiro atoms. The number of allylic oxidation sites excluding steroid dienone is 1. The molecule has 0 radical (unpaired) electrons. The molecule has 6 heteroatoms. The fourth-order valence-electron chi connectivity index (χ4n) is 4.48. The van der Waals surface area contributed by atoms with Gasteiger partial charge in [-0.15, -0.1) is 0 Å². The van der Waals surface area contributed by atoms with E-state index >= 15 is 0 Å². The standard InChI is InChI=1S/C25H24N6/c1-2-12-30(13-3-1)23-10-9-21(16-27-23)28-24-25-26-11-14-31(25)17-22(29-24)20-8-7-18-5-4-6-19(18)15-20/h4-5,7-11,14-17H,1-3,6,12-13H2,(H,28,29). The van der Waals surface area contributed by atoms with Crippen LogP contribution in [0, 0.1) is 0 Å². The lowest BCUT2D eigenvalue weighted by Crippen LogP contribution is -2.29. The van der Waals surface area contributed by atoms with Crippen LogP contribution in [0.15, 0.2) is 61.2 Å². The first-order valence-electron chi connectivity index (χ1n) is 11.0. The minimum atomic E-state index is 0.730. The van der Waals surface area contributed by atoms with Crippen LogP contribution in [-0.4, -0.2) is 32.4 Å².